The zero-order chi connectivity index (χ0) is 16.3. The van der Waals surface area contributed by atoms with Crippen molar-refractivity contribution in [2.24, 2.45) is 0 Å². The van der Waals surface area contributed by atoms with E-state index in [4.69, 9.17) is 0 Å². The second-order valence-corrected chi connectivity index (χ2v) is 5.54. The highest BCUT2D eigenvalue weighted by atomic mass is 32.3. The van der Waals surface area contributed by atoms with Crippen molar-refractivity contribution in [1.82, 2.24) is 14.8 Å². The van der Waals surface area contributed by atoms with Gasteiger partial charge in [0.1, 0.15) is 6.54 Å². The van der Waals surface area contributed by atoms with Gasteiger partial charge in [-0.25, -0.2) is 0 Å². The van der Waals surface area contributed by atoms with E-state index in [0.717, 1.165) is 12.3 Å². The number of hydrogen-bond acceptors (Lipinski definition) is 6. The molecule has 10 heteroatoms. The number of hydrogen-bond donors (Lipinski definition) is 0. The second kappa shape index (κ2) is 6.26. The molecule has 1 aliphatic rings. The van der Waals surface area contributed by atoms with Gasteiger partial charge in [0, 0.05) is 25.8 Å². The molecule has 22 heavy (non-hydrogen) atoms. The predicted molar refractivity (Wildman–Crippen MR) is 73.1 cm³/mol. The molecule has 1 aliphatic heterocycles. The summed E-state index contributed by atoms with van der Waals surface area (Å²) in [6, 6.07) is 1.06. The molecule has 1 saturated heterocycles. The van der Waals surface area contributed by atoms with Gasteiger partial charge in [-0.1, -0.05) is 3.89 Å². The van der Waals surface area contributed by atoms with Crippen LogP contribution in [0.15, 0.2) is 18.5 Å². The zero-order valence-corrected chi connectivity index (χ0v) is 12.5. The SMILES string of the molecule is CCN1CCN(C(=O)c2cncc(OS(=O)(=O)F)c2)CC1=O. The van der Waals surface area contributed by atoms with Gasteiger partial charge in [0.25, 0.3) is 5.91 Å². The smallest absolute Gasteiger partial charge is 0.357 e. The molecule has 2 heterocycles. The summed E-state index contributed by atoms with van der Waals surface area (Å²) in [5, 5.41) is 0. The first kappa shape index (κ1) is 16.1. The number of piperazine rings is 1. The van der Waals surface area contributed by atoms with Gasteiger partial charge in [0.05, 0.1) is 11.8 Å². The number of halogens is 1. The van der Waals surface area contributed by atoms with Gasteiger partial charge in [0.15, 0.2) is 5.75 Å². The van der Waals surface area contributed by atoms with Gasteiger partial charge >= 0.3 is 10.5 Å². The number of likely N-dealkylation sites (N-methyl/N-ethyl adjacent to an activating group) is 1. The minimum absolute atomic E-state index is 0.0129. The molecule has 1 aromatic heterocycles. The number of aromatic nitrogens is 1. The molecule has 0 aliphatic carbocycles. The highest BCUT2D eigenvalue weighted by molar-refractivity contribution is 7.81. The number of carbonyl (C=O) groups is 2. The molecule has 0 N–H and O–H groups in total. The number of nitrogens with zero attached hydrogens (tertiary/aromatic N) is 3. The van der Waals surface area contributed by atoms with Crippen LogP contribution in [0.2, 0.25) is 0 Å². The van der Waals surface area contributed by atoms with Crippen molar-refractivity contribution in [3.63, 3.8) is 0 Å². The maximum absolute atomic E-state index is 12.5. The number of rotatable bonds is 4. The maximum atomic E-state index is 12.5. The van der Waals surface area contributed by atoms with E-state index in [0.29, 0.717) is 19.6 Å². The molecule has 0 spiro atoms. The summed E-state index contributed by atoms with van der Waals surface area (Å²) in [5.74, 6) is -1.08. The molecule has 0 aromatic carbocycles. The van der Waals surface area contributed by atoms with E-state index in [1.807, 2.05) is 6.92 Å². The summed E-state index contributed by atoms with van der Waals surface area (Å²) in [6.07, 6.45) is 2.16. The van der Waals surface area contributed by atoms with Crippen molar-refractivity contribution in [2.45, 2.75) is 6.92 Å². The van der Waals surface area contributed by atoms with Crippen LogP contribution in [0.5, 0.6) is 5.75 Å². The predicted octanol–water partition coefficient (Wildman–Crippen LogP) is -0.0210. The lowest BCUT2D eigenvalue weighted by Crippen LogP contribution is -2.52. The van der Waals surface area contributed by atoms with Gasteiger partial charge in [-0.15, -0.1) is 0 Å². The van der Waals surface area contributed by atoms with Crippen LogP contribution in [0, 0.1) is 0 Å². The Kier molecular flexibility index (Phi) is 4.59. The number of pyridine rings is 1. The van der Waals surface area contributed by atoms with Crippen molar-refractivity contribution >= 4 is 22.3 Å². The molecule has 2 amide bonds. The first-order valence-electron chi connectivity index (χ1n) is 6.46. The normalized spacial score (nSPS) is 15.8. The van der Waals surface area contributed by atoms with Crippen molar-refractivity contribution in [1.29, 1.82) is 0 Å². The summed E-state index contributed by atoms with van der Waals surface area (Å²) in [7, 11) is -5.19. The Labute approximate surface area is 126 Å². The number of amides is 2. The van der Waals surface area contributed by atoms with Crippen LogP contribution in [0.1, 0.15) is 17.3 Å². The fraction of sp³-hybridized carbons (Fsp3) is 0.417. The highest BCUT2D eigenvalue weighted by Crippen LogP contribution is 2.16. The van der Waals surface area contributed by atoms with E-state index in [1.54, 1.807) is 4.90 Å². The lowest BCUT2D eigenvalue weighted by Gasteiger charge is -2.33. The summed E-state index contributed by atoms with van der Waals surface area (Å²) in [5.41, 5.74) is 0.0129. The van der Waals surface area contributed by atoms with Gasteiger partial charge in [-0.05, 0) is 13.0 Å². The van der Waals surface area contributed by atoms with E-state index in [9.17, 15) is 21.9 Å². The van der Waals surface area contributed by atoms with E-state index in [1.165, 1.54) is 11.1 Å². The molecule has 8 nitrogen and oxygen atoms in total. The zero-order valence-electron chi connectivity index (χ0n) is 11.7. The fourth-order valence-corrected chi connectivity index (χ4v) is 2.42. The first-order valence-corrected chi connectivity index (χ1v) is 7.77. The molecule has 0 radical (unpaired) electrons. The third kappa shape index (κ3) is 3.91. The monoisotopic (exact) mass is 331 g/mol. The average Bonchev–Trinajstić information content (AvgIpc) is 2.45. The van der Waals surface area contributed by atoms with Crippen molar-refractivity contribution in [3.05, 3.63) is 24.0 Å². The molecule has 0 saturated carbocycles. The molecular weight excluding hydrogens is 317 g/mol. The van der Waals surface area contributed by atoms with Crippen molar-refractivity contribution < 1.29 is 26.1 Å². The second-order valence-electron chi connectivity index (χ2n) is 4.59. The molecule has 120 valence electrons. The molecular formula is C12H14FN3O5S. The minimum Gasteiger partial charge on any atom is -0.357 e. The van der Waals surface area contributed by atoms with Crippen molar-refractivity contribution in [2.75, 3.05) is 26.2 Å². The molecule has 1 fully saturated rings. The molecule has 0 atom stereocenters. The Morgan fingerprint density at radius 1 is 1.41 bits per heavy atom. The van der Waals surface area contributed by atoms with Crippen LogP contribution in [-0.2, 0) is 15.3 Å². The summed E-state index contributed by atoms with van der Waals surface area (Å²) >= 11 is 0. The minimum atomic E-state index is -5.19. The van der Waals surface area contributed by atoms with Gasteiger partial charge in [-0.2, -0.15) is 8.42 Å². The fourth-order valence-electron chi connectivity index (χ4n) is 2.10. The van der Waals surface area contributed by atoms with E-state index >= 15 is 0 Å². The quantitative estimate of drug-likeness (QED) is 0.719. The van der Waals surface area contributed by atoms with Gasteiger partial charge < -0.3 is 14.0 Å². The standard InChI is InChI=1S/C12H14FN3O5S/c1-2-15-3-4-16(8-11(15)17)12(18)9-5-10(7-14-6-9)21-22(13,19)20/h5-7H,2-4,8H2,1H3. The van der Waals surface area contributed by atoms with Crippen LogP contribution >= 0.6 is 0 Å². The van der Waals surface area contributed by atoms with Crippen LogP contribution in [0.3, 0.4) is 0 Å². The third-order valence-electron chi connectivity index (χ3n) is 3.14. The average molecular weight is 331 g/mol. The Morgan fingerprint density at radius 3 is 2.73 bits per heavy atom. The summed E-state index contributed by atoms with van der Waals surface area (Å²) < 4.78 is 37.4. The Morgan fingerprint density at radius 2 is 2.14 bits per heavy atom. The van der Waals surface area contributed by atoms with Gasteiger partial charge in [-0.3, -0.25) is 14.6 Å². The van der Waals surface area contributed by atoms with Crippen LogP contribution in [0.25, 0.3) is 0 Å². The third-order valence-corrected chi connectivity index (χ3v) is 3.53. The Bertz CT molecular complexity index is 694. The first-order chi connectivity index (χ1) is 10.3. The Balaban J connectivity index is 2.13. The topological polar surface area (TPSA) is 96.9 Å². The molecule has 1 aromatic rings. The lowest BCUT2D eigenvalue weighted by atomic mass is 10.2. The van der Waals surface area contributed by atoms with Crippen LogP contribution in [0.4, 0.5) is 3.89 Å². The van der Waals surface area contributed by atoms with Gasteiger partial charge in [0.2, 0.25) is 5.91 Å². The highest BCUT2D eigenvalue weighted by Gasteiger charge is 2.27. The summed E-state index contributed by atoms with van der Waals surface area (Å²) in [6.45, 7) is 3.12. The molecule has 2 rings (SSSR count). The molecule has 0 bridgehead atoms. The van der Waals surface area contributed by atoms with E-state index < -0.39 is 22.2 Å². The van der Waals surface area contributed by atoms with Crippen LogP contribution in [-0.4, -0.2) is 61.2 Å². The molecule has 0 unspecified atom stereocenters. The lowest BCUT2D eigenvalue weighted by molar-refractivity contribution is -0.134. The van der Waals surface area contributed by atoms with Crippen LogP contribution < -0.4 is 4.18 Å². The van der Waals surface area contributed by atoms with E-state index in [2.05, 4.69) is 9.17 Å². The van der Waals surface area contributed by atoms with Crippen molar-refractivity contribution in [3.8, 4) is 5.75 Å². The largest absolute Gasteiger partial charge is 0.488 e. The Hall–Kier alpha value is -2.23. The number of carbonyl (C=O) groups excluding carboxylic acids is 2. The summed E-state index contributed by atoms with van der Waals surface area (Å²) in [4.78, 5) is 30.6. The maximum Gasteiger partial charge on any atom is 0.488 e. The van der Waals surface area contributed by atoms with E-state index in [-0.39, 0.29) is 18.0 Å².